The molecule has 0 rings (SSSR count). The fourth-order valence-corrected chi connectivity index (χ4v) is 1.99. The fourth-order valence-electron chi connectivity index (χ4n) is 1.42. The van der Waals surface area contributed by atoms with Crippen molar-refractivity contribution in [3.8, 4) is 0 Å². The molecule has 0 spiro atoms. The molecule has 0 saturated carbocycles. The van der Waals surface area contributed by atoms with Crippen molar-refractivity contribution >= 4 is 10.1 Å². The number of unbranched alkanes of at least 4 members (excludes halogenated alkanes) is 7. The van der Waals surface area contributed by atoms with Gasteiger partial charge in [0.05, 0.1) is 5.75 Å². The first-order valence-electron chi connectivity index (χ1n) is 5.51. The first-order chi connectivity index (χ1) is 6.56. The molecule has 0 unspecified atom stereocenters. The maximum atomic E-state index is 10.4. The minimum absolute atomic E-state index is 0. The topological polar surface area (TPSA) is 54.4 Å². The first kappa shape index (κ1) is 21.1. The molecule has 0 saturated heterocycles. The summed E-state index contributed by atoms with van der Waals surface area (Å²) in [6.45, 7) is 2.19. The van der Waals surface area contributed by atoms with Crippen LogP contribution in [0.2, 0.25) is 0 Å². The van der Waals surface area contributed by atoms with Gasteiger partial charge in [-0.15, -0.1) is 0 Å². The van der Waals surface area contributed by atoms with E-state index in [1.54, 1.807) is 0 Å². The molecular formula is C10H24F2O3S. The molecule has 0 aliphatic rings. The average Bonchev–Trinajstić information content (AvgIpc) is 2.08. The van der Waals surface area contributed by atoms with Crippen LogP contribution < -0.4 is 0 Å². The molecule has 6 heteroatoms. The molecule has 0 aromatic heterocycles. The molecular weight excluding hydrogens is 238 g/mol. The third-order valence-corrected chi connectivity index (χ3v) is 3.06. The SMILES string of the molecule is CCCCCCCCCCS(=O)(=O)O.F.F. The zero-order valence-electron chi connectivity index (χ0n) is 9.85. The van der Waals surface area contributed by atoms with E-state index in [1.165, 1.54) is 32.1 Å². The van der Waals surface area contributed by atoms with Crippen molar-refractivity contribution in [3.63, 3.8) is 0 Å². The molecule has 0 bridgehead atoms. The predicted octanol–water partition coefficient (Wildman–Crippen LogP) is 3.32. The lowest BCUT2D eigenvalue weighted by atomic mass is 10.1. The Kier molecular flexibility index (Phi) is 16.9. The van der Waals surface area contributed by atoms with E-state index < -0.39 is 10.1 Å². The van der Waals surface area contributed by atoms with Gasteiger partial charge in [0.1, 0.15) is 0 Å². The van der Waals surface area contributed by atoms with Gasteiger partial charge in [0.2, 0.25) is 0 Å². The van der Waals surface area contributed by atoms with Gasteiger partial charge in [-0.05, 0) is 6.42 Å². The molecule has 0 aliphatic carbocycles. The van der Waals surface area contributed by atoms with Gasteiger partial charge in [-0.2, -0.15) is 8.42 Å². The summed E-state index contributed by atoms with van der Waals surface area (Å²) in [6, 6.07) is 0. The molecule has 0 aromatic carbocycles. The highest BCUT2D eigenvalue weighted by Gasteiger charge is 2.02. The normalized spacial score (nSPS) is 10.4. The lowest BCUT2D eigenvalue weighted by Gasteiger charge is -2.00. The Hall–Kier alpha value is -0.230. The maximum absolute atomic E-state index is 10.4. The molecule has 0 radical (unpaired) electrons. The molecule has 0 amide bonds. The number of halogens is 2. The minimum atomic E-state index is -3.73. The molecule has 3 nitrogen and oxygen atoms in total. The van der Waals surface area contributed by atoms with Crippen LogP contribution >= 0.6 is 0 Å². The molecule has 0 aromatic rings. The third kappa shape index (κ3) is 19.4. The van der Waals surface area contributed by atoms with Crippen LogP contribution in [0.1, 0.15) is 58.3 Å². The fraction of sp³-hybridized carbons (Fsp3) is 1.00. The van der Waals surface area contributed by atoms with Gasteiger partial charge in [-0.3, -0.25) is 14.0 Å². The van der Waals surface area contributed by atoms with Gasteiger partial charge in [0.15, 0.2) is 0 Å². The number of hydrogen-bond acceptors (Lipinski definition) is 2. The Morgan fingerprint density at radius 2 is 1.19 bits per heavy atom. The predicted molar refractivity (Wildman–Crippen MR) is 64.0 cm³/mol. The van der Waals surface area contributed by atoms with Gasteiger partial charge >= 0.3 is 0 Å². The van der Waals surface area contributed by atoms with E-state index in [2.05, 4.69) is 6.92 Å². The number of rotatable bonds is 9. The summed E-state index contributed by atoms with van der Waals surface area (Å²) < 4.78 is 29.2. The second-order valence-electron chi connectivity index (χ2n) is 3.76. The van der Waals surface area contributed by atoms with Gasteiger partial charge in [-0.1, -0.05) is 51.9 Å². The van der Waals surface area contributed by atoms with E-state index in [1.807, 2.05) is 0 Å². The van der Waals surface area contributed by atoms with Crippen LogP contribution in [0, 0.1) is 0 Å². The van der Waals surface area contributed by atoms with E-state index in [0.29, 0.717) is 6.42 Å². The smallest absolute Gasteiger partial charge is 0.264 e. The van der Waals surface area contributed by atoms with Crippen LogP contribution in [0.25, 0.3) is 0 Å². The lowest BCUT2D eigenvalue weighted by Crippen LogP contribution is -2.03. The minimum Gasteiger partial charge on any atom is -0.286 e. The molecule has 1 N–H and O–H groups in total. The van der Waals surface area contributed by atoms with Gasteiger partial charge in [-0.25, -0.2) is 0 Å². The van der Waals surface area contributed by atoms with Crippen molar-refractivity contribution in [1.82, 2.24) is 0 Å². The lowest BCUT2D eigenvalue weighted by molar-refractivity contribution is 0.478. The molecule has 16 heavy (non-hydrogen) atoms. The monoisotopic (exact) mass is 262 g/mol. The standard InChI is InChI=1S/C10H22O3S.2FH/c1-2-3-4-5-6-7-8-9-10-14(11,12)13;;/h2-10H2,1H3,(H,11,12,13);2*1H. The van der Waals surface area contributed by atoms with Crippen LogP contribution in [0.15, 0.2) is 0 Å². The van der Waals surface area contributed by atoms with Crippen molar-refractivity contribution < 1.29 is 22.4 Å². The summed E-state index contributed by atoms with van der Waals surface area (Å²) in [5, 5.41) is 0. The van der Waals surface area contributed by atoms with E-state index in [0.717, 1.165) is 12.8 Å². The van der Waals surface area contributed by atoms with Gasteiger partial charge in [0, 0.05) is 0 Å². The van der Waals surface area contributed by atoms with E-state index in [4.69, 9.17) is 4.55 Å². The molecule has 0 atom stereocenters. The molecule has 102 valence electrons. The zero-order chi connectivity index (χ0) is 10.9. The summed E-state index contributed by atoms with van der Waals surface area (Å²) in [6.07, 6.45) is 8.85. The summed E-state index contributed by atoms with van der Waals surface area (Å²) >= 11 is 0. The maximum Gasteiger partial charge on any atom is 0.264 e. The Bertz CT molecular complexity index is 218. The largest absolute Gasteiger partial charge is 0.286 e. The Balaban J connectivity index is -0.000000845. The van der Waals surface area contributed by atoms with Crippen molar-refractivity contribution in [2.45, 2.75) is 58.3 Å². The van der Waals surface area contributed by atoms with Crippen LogP contribution in [0.3, 0.4) is 0 Å². The Morgan fingerprint density at radius 1 is 0.812 bits per heavy atom. The summed E-state index contributed by atoms with van der Waals surface area (Å²) in [5.41, 5.74) is 0. The van der Waals surface area contributed by atoms with E-state index in [-0.39, 0.29) is 15.2 Å². The summed E-state index contributed by atoms with van der Waals surface area (Å²) in [7, 11) is -3.73. The third-order valence-electron chi connectivity index (χ3n) is 2.26. The van der Waals surface area contributed by atoms with E-state index in [9.17, 15) is 8.42 Å². The summed E-state index contributed by atoms with van der Waals surface area (Å²) in [5.74, 6) is -0.0814. The van der Waals surface area contributed by atoms with Crippen LogP contribution in [0.4, 0.5) is 9.41 Å². The zero-order valence-corrected chi connectivity index (χ0v) is 10.7. The quantitative estimate of drug-likeness (QED) is 0.512. The molecule has 0 fully saturated rings. The number of hydrogen-bond donors (Lipinski definition) is 1. The van der Waals surface area contributed by atoms with Crippen molar-refractivity contribution in [3.05, 3.63) is 0 Å². The van der Waals surface area contributed by atoms with Gasteiger partial charge < -0.3 is 0 Å². The van der Waals surface area contributed by atoms with Crippen molar-refractivity contribution in [2.75, 3.05) is 5.75 Å². The van der Waals surface area contributed by atoms with E-state index >= 15 is 0 Å². The molecule has 0 aliphatic heterocycles. The van der Waals surface area contributed by atoms with Crippen molar-refractivity contribution in [2.24, 2.45) is 0 Å². The van der Waals surface area contributed by atoms with Gasteiger partial charge in [0.25, 0.3) is 10.1 Å². The average molecular weight is 262 g/mol. The highest BCUT2D eigenvalue weighted by molar-refractivity contribution is 7.85. The summed E-state index contributed by atoms with van der Waals surface area (Å²) in [4.78, 5) is 0. The van der Waals surface area contributed by atoms with Crippen molar-refractivity contribution in [1.29, 1.82) is 0 Å². The first-order valence-corrected chi connectivity index (χ1v) is 7.12. The highest BCUT2D eigenvalue weighted by Crippen LogP contribution is 2.08. The second-order valence-corrected chi connectivity index (χ2v) is 5.33. The van der Waals surface area contributed by atoms with Crippen LogP contribution in [-0.2, 0) is 10.1 Å². The van der Waals surface area contributed by atoms with Crippen LogP contribution in [0.5, 0.6) is 0 Å². The van der Waals surface area contributed by atoms with Crippen LogP contribution in [-0.4, -0.2) is 18.7 Å². The molecule has 0 heterocycles. The second kappa shape index (κ2) is 12.8. The highest BCUT2D eigenvalue weighted by atomic mass is 32.2. The Labute approximate surface area is 97.1 Å². The Morgan fingerprint density at radius 3 is 1.56 bits per heavy atom.